The number of thioether (sulfide) groups is 1. The molecule has 1 aromatic rings. The van der Waals surface area contributed by atoms with E-state index < -0.39 is 0 Å². The van der Waals surface area contributed by atoms with E-state index in [1.807, 2.05) is 12.3 Å². The summed E-state index contributed by atoms with van der Waals surface area (Å²) in [6.45, 7) is 4.98. The van der Waals surface area contributed by atoms with E-state index in [-0.39, 0.29) is 16.0 Å². The molecule has 0 aromatic heterocycles. The standard InChI is InChI=1S/C14H17NO3S/c1-14(2)7-6-12(18-9-14)10-4-5-11(15(16)17)13(8-10)19-3/h4-6,8H,7,9H2,1-3H3. The van der Waals surface area contributed by atoms with Gasteiger partial charge in [-0.25, -0.2) is 0 Å². The molecule has 0 amide bonds. The van der Waals surface area contributed by atoms with Crippen LogP contribution in [-0.4, -0.2) is 17.8 Å². The first-order valence-electron chi connectivity index (χ1n) is 6.09. The van der Waals surface area contributed by atoms with Crippen LogP contribution in [0.15, 0.2) is 29.2 Å². The predicted octanol–water partition coefficient (Wildman–Crippen LogP) is 4.10. The zero-order valence-corrected chi connectivity index (χ0v) is 12.1. The molecule has 0 fully saturated rings. The Morgan fingerprint density at radius 1 is 1.42 bits per heavy atom. The van der Waals surface area contributed by atoms with Crippen LogP contribution in [0.2, 0.25) is 0 Å². The summed E-state index contributed by atoms with van der Waals surface area (Å²) >= 11 is 1.38. The highest BCUT2D eigenvalue weighted by Crippen LogP contribution is 2.35. The van der Waals surface area contributed by atoms with Gasteiger partial charge in [-0.2, -0.15) is 0 Å². The van der Waals surface area contributed by atoms with Crippen molar-refractivity contribution in [3.8, 4) is 0 Å². The summed E-state index contributed by atoms with van der Waals surface area (Å²) in [5.41, 5.74) is 1.21. The largest absolute Gasteiger partial charge is 0.493 e. The summed E-state index contributed by atoms with van der Waals surface area (Å²) in [5, 5.41) is 10.9. The lowest BCUT2D eigenvalue weighted by molar-refractivity contribution is -0.387. The molecule has 102 valence electrons. The van der Waals surface area contributed by atoms with Crippen molar-refractivity contribution in [1.82, 2.24) is 0 Å². The van der Waals surface area contributed by atoms with Gasteiger partial charge < -0.3 is 4.74 Å². The summed E-state index contributed by atoms with van der Waals surface area (Å²) in [7, 11) is 0. The van der Waals surface area contributed by atoms with Crippen molar-refractivity contribution in [3.63, 3.8) is 0 Å². The second kappa shape index (κ2) is 5.25. The Hall–Kier alpha value is -1.49. The van der Waals surface area contributed by atoms with Crippen molar-refractivity contribution in [2.75, 3.05) is 12.9 Å². The maximum Gasteiger partial charge on any atom is 0.282 e. The Morgan fingerprint density at radius 3 is 2.68 bits per heavy atom. The Kier molecular flexibility index (Phi) is 3.85. The number of benzene rings is 1. The van der Waals surface area contributed by atoms with Crippen molar-refractivity contribution < 1.29 is 9.66 Å². The van der Waals surface area contributed by atoms with E-state index in [1.165, 1.54) is 11.8 Å². The molecular formula is C14H17NO3S. The van der Waals surface area contributed by atoms with E-state index in [0.29, 0.717) is 11.5 Å². The van der Waals surface area contributed by atoms with Crippen molar-refractivity contribution >= 4 is 23.2 Å². The minimum atomic E-state index is -0.352. The number of nitrogens with zero attached hydrogens (tertiary/aromatic N) is 1. The minimum Gasteiger partial charge on any atom is -0.493 e. The van der Waals surface area contributed by atoms with Gasteiger partial charge in [0.2, 0.25) is 0 Å². The molecule has 1 aliphatic heterocycles. The first kappa shape index (κ1) is 13.9. The van der Waals surface area contributed by atoms with E-state index >= 15 is 0 Å². The monoisotopic (exact) mass is 279 g/mol. The van der Waals surface area contributed by atoms with Crippen LogP contribution in [0.1, 0.15) is 25.8 Å². The number of hydrogen-bond acceptors (Lipinski definition) is 4. The smallest absolute Gasteiger partial charge is 0.282 e. The molecule has 0 atom stereocenters. The van der Waals surface area contributed by atoms with Crippen LogP contribution in [0.5, 0.6) is 0 Å². The maximum absolute atomic E-state index is 10.9. The molecule has 0 spiro atoms. The third kappa shape index (κ3) is 3.10. The minimum absolute atomic E-state index is 0.146. The molecule has 4 nitrogen and oxygen atoms in total. The SMILES string of the molecule is CSc1cc(C2=CCC(C)(C)CO2)ccc1[N+](=O)[O-]. The third-order valence-corrected chi connectivity index (χ3v) is 3.89. The zero-order chi connectivity index (χ0) is 14.0. The number of hydrogen-bond donors (Lipinski definition) is 0. The highest BCUT2D eigenvalue weighted by molar-refractivity contribution is 7.98. The number of nitro benzene ring substituents is 1. The van der Waals surface area contributed by atoms with Crippen molar-refractivity contribution in [3.05, 3.63) is 40.0 Å². The van der Waals surface area contributed by atoms with Crippen LogP contribution >= 0.6 is 11.8 Å². The summed E-state index contributed by atoms with van der Waals surface area (Å²) < 4.78 is 5.76. The second-order valence-electron chi connectivity index (χ2n) is 5.37. The zero-order valence-electron chi connectivity index (χ0n) is 11.3. The molecule has 1 aliphatic rings. The van der Waals surface area contributed by atoms with Crippen LogP contribution in [-0.2, 0) is 4.74 Å². The Labute approximate surface area is 117 Å². The Bertz CT molecular complexity index is 537. The molecule has 0 bridgehead atoms. The molecule has 19 heavy (non-hydrogen) atoms. The molecule has 0 radical (unpaired) electrons. The van der Waals surface area contributed by atoms with Crippen LogP contribution in [0.3, 0.4) is 0 Å². The van der Waals surface area contributed by atoms with Crippen LogP contribution < -0.4 is 0 Å². The van der Waals surface area contributed by atoms with Gasteiger partial charge in [-0.1, -0.05) is 13.8 Å². The van der Waals surface area contributed by atoms with Gasteiger partial charge in [0.05, 0.1) is 16.4 Å². The molecule has 1 aromatic carbocycles. The summed E-state index contributed by atoms with van der Waals surface area (Å²) in [5.74, 6) is 0.824. The highest BCUT2D eigenvalue weighted by atomic mass is 32.2. The van der Waals surface area contributed by atoms with E-state index in [4.69, 9.17) is 4.74 Å². The molecular weight excluding hydrogens is 262 g/mol. The lowest BCUT2D eigenvalue weighted by Gasteiger charge is -2.29. The van der Waals surface area contributed by atoms with E-state index in [9.17, 15) is 10.1 Å². The average Bonchev–Trinajstić information content (AvgIpc) is 2.37. The van der Waals surface area contributed by atoms with Gasteiger partial charge >= 0.3 is 0 Å². The third-order valence-electron chi connectivity index (χ3n) is 3.12. The van der Waals surface area contributed by atoms with Crippen molar-refractivity contribution in [2.24, 2.45) is 5.41 Å². The first-order chi connectivity index (χ1) is 8.93. The number of rotatable bonds is 3. The first-order valence-corrected chi connectivity index (χ1v) is 7.31. The number of allylic oxidation sites excluding steroid dienone is 1. The average molecular weight is 279 g/mol. The molecule has 0 saturated carbocycles. The van der Waals surface area contributed by atoms with Crippen LogP contribution in [0.4, 0.5) is 5.69 Å². The van der Waals surface area contributed by atoms with Gasteiger partial charge in [0.25, 0.3) is 5.69 Å². The summed E-state index contributed by atoms with van der Waals surface area (Å²) in [6.07, 6.45) is 4.86. The lowest BCUT2D eigenvalue weighted by atomic mass is 9.88. The molecule has 0 aliphatic carbocycles. The summed E-state index contributed by atoms with van der Waals surface area (Å²) in [6, 6.07) is 5.13. The fourth-order valence-electron chi connectivity index (χ4n) is 1.94. The maximum atomic E-state index is 10.9. The molecule has 0 saturated heterocycles. The Balaban J connectivity index is 2.32. The highest BCUT2D eigenvalue weighted by Gasteiger charge is 2.24. The van der Waals surface area contributed by atoms with Crippen molar-refractivity contribution in [1.29, 1.82) is 0 Å². The normalized spacial score (nSPS) is 17.5. The second-order valence-corrected chi connectivity index (χ2v) is 6.22. The molecule has 0 unspecified atom stereocenters. The quantitative estimate of drug-likeness (QED) is 0.475. The lowest BCUT2D eigenvalue weighted by Crippen LogP contribution is -2.21. The molecule has 5 heteroatoms. The van der Waals surface area contributed by atoms with Gasteiger partial charge in [-0.05, 0) is 30.9 Å². The van der Waals surface area contributed by atoms with E-state index in [2.05, 4.69) is 19.9 Å². The Morgan fingerprint density at radius 2 is 2.16 bits per heavy atom. The fourth-order valence-corrected chi connectivity index (χ4v) is 2.54. The van der Waals surface area contributed by atoms with Gasteiger partial charge in [0.15, 0.2) is 0 Å². The van der Waals surface area contributed by atoms with Gasteiger partial charge in [0, 0.05) is 17.0 Å². The topological polar surface area (TPSA) is 52.4 Å². The fraction of sp³-hybridized carbons (Fsp3) is 0.429. The van der Waals surface area contributed by atoms with E-state index in [0.717, 1.165) is 17.7 Å². The van der Waals surface area contributed by atoms with E-state index in [1.54, 1.807) is 12.1 Å². The van der Waals surface area contributed by atoms with Crippen molar-refractivity contribution in [2.45, 2.75) is 25.2 Å². The van der Waals surface area contributed by atoms with Crippen LogP contribution in [0, 0.1) is 15.5 Å². The van der Waals surface area contributed by atoms with Gasteiger partial charge in [-0.15, -0.1) is 11.8 Å². The number of nitro groups is 1. The summed E-state index contributed by atoms with van der Waals surface area (Å²) in [4.78, 5) is 11.2. The predicted molar refractivity (Wildman–Crippen MR) is 77.2 cm³/mol. The number of ether oxygens (including phenoxy) is 1. The molecule has 1 heterocycles. The van der Waals surface area contributed by atoms with Gasteiger partial charge in [0.1, 0.15) is 5.76 Å². The van der Waals surface area contributed by atoms with Gasteiger partial charge in [-0.3, -0.25) is 10.1 Å². The van der Waals surface area contributed by atoms with Crippen LogP contribution in [0.25, 0.3) is 5.76 Å². The molecule has 2 rings (SSSR count). The molecule has 0 N–H and O–H groups in total.